The number of hydrogen-bond acceptors (Lipinski definition) is 4. The standard InChI is InChI=1S/C19H19N3O2S/c1-12-4-9-15-16(11-12)25-18(21-15)13-5-7-14(8-6-13)20-19(23)22-17-3-2-10-24-17/h4-9,11,17H,2-3,10H2,1H3,(H2,20,22,23). The molecular weight excluding hydrogens is 334 g/mol. The van der Waals surface area contributed by atoms with E-state index in [9.17, 15) is 4.79 Å². The summed E-state index contributed by atoms with van der Waals surface area (Å²) >= 11 is 1.68. The lowest BCUT2D eigenvalue weighted by Crippen LogP contribution is -2.37. The molecule has 128 valence electrons. The largest absolute Gasteiger partial charge is 0.358 e. The SMILES string of the molecule is Cc1ccc2nc(-c3ccc(NC(=O)NC4CCCO4)cc3)sc2c1. The van der Waals surface area contributed by atoms with Gasteiger partial charge in [-0.1, -0.05) is 6.07 Å². The van der Waals surface area contributed by atoms with Crippen molar-refractivity contribution in [2.45, 2.75) is 26.0 Å². The zero-order valence-corrected chi connectivity index (χ0v) is 14.7. The van der Waals surface area contributed by atoms with Crippen LogP contribution in [-0.4, -0.2) is 23.8 Å². The summed E-state index contributed by atoms with van der Waals surface area (Å²) in [7, 11) is 0. The molecule has 2 amide bonds. The molecule has 5 nitrogen and oxygen atoms in total. The number of benzene rings is 2. The van der Waals surface area contributed by atoms with E-state index in [2.05, 4.69) is 40.7 Å². The molecule has 0 radical (unpaired) electrons. The second-order valence-corrected chi connectivity index (χ2v) is 7.20. The first-order valence-electron chi connectivity index (χ1n) is 8.34. The number of aromatic nitrogens is 1. The Morgan fingerprint density at radius 1 is 1.24 bits per heavy atom. The molecule has 1 saturated heterocycles. The molecule has 0 bridgehead atoms. The zero-order valence-electron chi connectivity index (χ0n) is 13.9. The number of carbonyl (C=O) groups excluding carboxylic acids is 1. The molecule has 4 rings (SSSR count). The van der Waals surface area contributed by atoms with Gasteiger partial charge in [0.15, 0.2) is 0 Å². The summed E-state index contributed by atoms with van der Waals surface area (Å²) in [6, 6.07) is 13.8. The van der Waals surface area contributed by atoms with Crippen molar-refractivity contribution in [3.63, 3.8) is 0 Å². The minimum atomic E-state index is -0.241. The molecule has 0 saturated carbocycles. The van der Waals surface area contributed by atoms with Crippen LogP contribution in [0.5, 0.6) is 0 Å². The summed E-state index contributed by atoms with van der Waals surface area (Å²) in [6.07, 6.45) is 1.68. The number of anilines is 1. The number of nitrogens with zero attached hydrogens (tertiary/aromatic N) is 1. The fourth-order valence-electron chi connectivity index (χ4n) is 2.86. The monoisotopic (exact) mass is 353 g/mol. The maximum atomic E-state index is 12.0. The molecule has 0 spiro atoms. The molecule has 2 aromatic carbocycles. The van der Waals surface area contributed by atoms with Gasteiger partial charge in [-0.2, -0.15) is 0 Å². The highest BCUT2D eigenvalue weighted by molar-refractivity contribution is 7.21. The van der Waals surface area contributed by atoms with Crippen LogP contribution >= 0.6 is 11.3 Å². The third-order valence-electron chi connectivity index (χ3n) is 4.16. The van der Waals surface area contributed by atoms with Crippen LogP contribution in [0, 0.1) is 6.92 Å². The predicted octanol–water partition coefficient (Wildman–Crippen LogP) is 4.53. The average Bonchev–Trinajstić information content (AvgIpc) is 3.24. The first-order chi connectivity index (χ1) is 12.2. The van der Waals surface area contributed by atoms with Gasteiger partial charge in [-0.25, -0.2) is 9.78 Å². The number of urea groups is 1. The van der Waals surface area contributed by atoms with Crippen molar-refractivity contribution in [2.75, 3.05) is 11.9 Å². The molecule has 2 heterocycles. The molecule has 3 aromatic rings. The molecule has 1 unspecified atom stereocenters. The summed E-state index contributed by atoms with van der Waals surface area (Å²) in [5, 5.41) is 6.63. The number of aryl methyl sites for hydroxylation is 1. The van der Waals surface area contributed by atoms with Gasteiger partial charge in [0.25, 0.3) is 0 Å². The van der Waals surface area contributed by atoms with Gasteiger partial charge in [-0.15, -0.1) is 11.3 Å². The normalized spacial score (nSPS) is 16.9. The molecule has 1 aromatic heterocycles. The van der Waals surface area contributed by atoms with Crippen LogP contribution in [0.25, 0.3) is 20.8 Å². The molecule has 1 aliphatic rings. The number of ether oxygens (including phenoxy) is 1. The van der Waals surface area contributed by atoms with E-state index < -0.39 is 0 Å². The van der Waals surface area contributed by atoms with Gasteiger partial charge in [0.05, 0.1) is 10.2 Å². The predicted molar refractivity (Wildman–Crippen MR) is 101 cm³/mol. The third-order valence-corrected chi connectivity index (χ3v) is 5.22. The van der Waals surface area contributed by atoms with Crippen LogP contribution in [0.4, 0.5) is 10.5 Å². The van der Waals surface area contributed by atoms with E-state index in [4.69, 9.17) is 4.74 Å². The van der Waals surface area contributed by atoms with Crippen molar-refractivity contribution >= 4 is 33.3 Å². The number of carbonyl (C=O) groups is 1. The molecule has 1 fully saturated rings. The first kappa shape index (κ1) is 16.1. The minimum absolute atomic E-state index is 0.175. The number of nitrogens with one attached hydrogen (secondary N) is 2. The lowest BCUT2D eigenvalue weighted by molar-refractivity contribution is 0.0928. The molecule has 1 aliphatic heterocycles. The van der Waals surface area contributed by atoms with Crippen LogP contribution in [0.15, 0.2) is 42.5 Å². The second-order valence-electron chi connectivity index (χ2n) is 6.17. The fraction of sp³-hybridized carbons (Fsp3) is 0.263. The molecular formula is C19H19N3O2S. The van der Waals surface area contributed by atoms with E-state index >= 15 is 0 Å². The lowest BCUT2D eigenvalue weighted by Gasteiger charge is -2.12. The van der Waals surface area contributed by atoms with Gasteiger partial charge in [0, 0.05) is 17.9 Å². The smallest absolute Gasteiger partial charge is 0.321 e. The zero-order chi connectivity index (χ0) is 17.2. The summed E-state index contributed by atoms with van der Waals surface area (Å²) in [6.45, 7) is 2.79. The van der Waals surface area contributed by atoms with Crippen molar-refractivity contribution in [3.8, 4) is 10.6 Å². The molecule has 0 aliphatic carbocycles. The van der Waals surface area contributed by atoms with E-state index in [1.54, 1.807) is 11.3 Å². The highest BCUT2D eigenvalue weighted by Gasteiger charge is 2.17. The Labute approximate surface area is 150 Å². The van der Waals surface area contributed by atoms with E-state index in [0.717, 1.165) is 34.6 Å². The number of amides is 2. The van der Waals surface area contributed by atoms with Crippen molar-refractivity contribution in [3.05, 3.63) is 48.0 Å². The minimum Gasteiger partial charge on any atom is -0.358 e. The van der Waals surface area contributed by atoms with E-state index in [-0.39, 0.29) is 12.3 Å². The van der Waals surface area contributed by atoms with Gasteiger partial charge in [0.1, 0.15) is 11.2 Å². The maximum absolute atomic E-state index is 12.0. The Kier molecular flexibility index (Phi) is 4.38. The van der Waals surface area contributed by atoms with Crippen LogP contribution < -0.4 is 10.6 Å². The Hall–Kier alpha value is -2.44. The van der Waals surface area contributed by atoms with Crippen molar-refractivity contribution in [1.29, 1.82) is 0 Å². The molecule has 25 heavy (non-hydrogen) atoms. The van der Waals surface area contributed by atoms with Crippen molar-refractivity contribution in [2.24, 2.45) is 0 Å². The number of fused-ring (bicyclic) bond motifs is 1. The Morgan fingerprint density at radius 3 is 2.84 bits per heavy atom. The molecule has 1 atom stereocenters. The van der Waals surface area contributed by atoms with E-state index in [0.29, 0.717) is 6.61 Å². The Balaban J connectivity index is 1.46. The Morgan fingerprint density at radius 2 is 2.08 bits per heavy atom. The quantitative estimate of drug-likeness (QED) is 0.727. The molecule has 2 N–H and O–H groups in total. The summed E-state index contributed by atoms with van der Waals surface area (Å²) < 4.78 is 6.58. The Bertz CT molecular complexity index is 899. The van der Waals surface area contributed by atoms with Gasteiger partial charge >= 0.3 is 6.03 Å². The highest BCUT2D eigenvalue weighted by Crippen LogP contribution is 2.31. The van der Waals surface area contributed by atoms with Crippen molar-refractivity contribution < 1.29 is 9.53 Å². The van der Waals surface area contributed by atoms with E-state index in [1.165, 1.54) is 10.3 Å². The highest BCUT2D eigenvalue weighted by atomic mass is 32.1. The van der Waals surface area contributed by atoms with Crippen LogP contribution in [0.2, 0.25) is 0 Å². The third kappa shape index (κ3) is 3.65. The summed E-state index contributed by atoms with van der Waals surface area (Å²) in [4.78, 5) is 16.6. The van der Waals surface area contributed by atoms with E-state index in [1.807, 2.05) is 24.3 Å². The van der Waals surface area contributed by atoms with Crippen LogP contribution in [0.3, 0.4) is 0 Å². The fourth-order valence-corrected chi connectivity index (χ4v) is 3.93. The molecule has 6 heteroatoms. The number of hydrogen-bond donors (Lipinski definition) is 2. The summed E-state index contributed by atoms with van der Waals surface area (Å²) in [5.41, 5.74) is 4.04. The van der Waals surface area contributed by atoms with Gasteiger partial charge in [-0.05, 0) is 61.7 Å². The first-order valence-corrected chi connectivity index (χ1v) is 9.16. The maximum Gasteiger partial charge on any atom is 0.321 e. The van der Waals surface area contributed by atoms with Gasteiger partial charge in [-0.3, -0.25) is 0 Å². The number of rotatable bonds is 3. The van der Waals surface area contributed by atoms with Gasteiger partial charge < -0.3 is 15.4 Å². The average molecular weight is 353 g/mol. The van der Waals surface area contributed by atoms with Crippen LogP contribution in [-0.2, 0) is 4.74 Å². The van der Waals surface area contributed by atoms with Crippen LogP contribution in [0.1, 0.15) is 18.4 Å². The lowest BCUT2D eigenvalue weighted by atomic mass is 10.2. The van der Waals surface area contributed by atoms with Crippen molar-refractivity contribution in [1.82, 2.24) is 10.3 Å². The summed E-state index contributed by atoms with van der Waals surface area (Å²) in [5.74, 6) is 0. The second kappa shape index (κ2) is 6.82. The topological polar surface area (TPSA) is 63.2 Å². The van der Waals surface area contributed by atoms with Gasteiger partial charge in [0.2, 0.25) is 0 Å². The number of thiazole rings is 1.